The summed E-state index contributed by atoms with van der Waals surface area (Å²) < 4.78 is 0. The van der Waals surface area contributed by atoms with Crippen molar-refractivity contribution < 1.29 is 0 Å². The van der Waals surface area contributed by atoms with E-state index < -0.39 is 0 Å². The van der Waals surface area contributed by atoms with E-state index in [1.54, 1.807) is 0 Å². The van der Waals surface area contributed by atoms with Crippen molar-refractivity contribution in [1.29, 1.82) is 0 Å². The smallest absolute Gasteiger partial charge is 0.0344 e. The third-order valence-corrected chi connectivity index (χ3v) is 6.53. The second-order valence-electron chi connectivity index (χ2n) is 7.41. The minimum absolute atomic E-state index is 0.258. The van der Waals surface area contributed by atoms with E-state index in [4.69, 9.17) is 5.73 Å². The Morgan fingerprint density at radius 1 is 1.10 bits per heavy atom. The minimum Gasteiger partial charge on any atom is -0.329 e. The van der Waals surface area contributed by atoms with E-state index in [1.165, 1.54) is 71.0 Å². The summed E-state index contributed by atoms with van der Waals surface area (Å²) in [6.45, 7) is 9.13. The van der Waals surface area contributed by atoms with Gasteiger partial charge in [0, 0.05) is 18.1 Å². The van der Waals surface area contributed by atoms with Crippen LogP contribution in [0.25, 0.3) is 0 Å². The van der Waals surface area contributed by atoms with Crippen LogP contribution in [0.5, 0.6) is 0 Å². The van der Waals surface area contributed by atoms with E-state index in [1.807, 2.05) is 0 Å². The number of rotatable bonds is 5. The quantitative estimate of drug-likeness (QED) is 0.846. The molecular formula is C18H37N3. The molecule has 2 aliphatic rings. The molecule has 2 rings (SSSR count). The van der Waals surface area contributed by atoms with Gasteiger partial charge in [-0.2, -0.15) is 0 Å². The van der Waals surface area contributed by atoms with Crippen molar-refractivity contribution >= 4 is 0 Å². The fraction of sp³-hybridized carbons (Fsp3) is 1.00. The van der Waals surface area contributed by atoms with Gasteiger partial charge in [-0.1, -0.05) is 20.3 Å². The van der Waals surface area contributed by atoms with Crippen LogP contribution in [0, 0.1) is 5.92 Å². The average molecular weight is 296 g/mol. The maximum Gasteiger partial charge on any atom is 0.0344 e. The number of likely N-dealkylation sites (tertiary alicyclic amines) is 1. The van der Waals surface area contributed by atoms with Gasteiger partial charge in [-0.3, -0.25) is 4.90 Å². The van der Waals surface area contributed by atoms with Gasteiger partial charge in [0.15, 0.2) is 0 Å². The Bertz CT molecular complexity index is 299. The predicted octanol–water partition coefficient (Wildman–Crippen LogP) is 3.09. The molecule has 0 radical (unpaired) electrons. The Morgan fingerprint density at radius 3 is 2.38 bits per heavy atom. The van der Waals surface area contributed by atoms with E-state index in [9.17, 15) is 0 Å². The van der Waals surface area contributed by atoms with Gasteiger partial charge in [0.2, 0.25) is 0 Å². The van der Waals surface area contributed by atoms with Gasteiger partial charge in [-0.05, 0) is 77.5 Å². The second kappa shape index (κ2) is 7.94. The molecule has 0 spiro atoms. The van der Waals surface area contributed by atoms with Crippen LogP contribution in [0.4, 0.5) is 0 Å². The molecule has 124 valence electrons. The molecule has 3 nitrogen and oxygen atoms in total. The summed E-state index contributed by atoms with van der Waals surface area (Å²) in [5.74, 6) is 0.980. The molecular weight excluding hydrogens is 258 g/mol. The number of likely N-dealkylation sites (N-methyl/N-ethyl adjacent to an activating group) is 1. The molecule has 1 saturated carbocycles. The van der Waals surface area contributed by atoms with E-state index in [2.05, 4.69) is 30.7 Å². The van der Waals surface area contributed by atoms with E-state index >= 15 is 0 Å². The van der Waals surface area contributed by atoms with Crippen LogP contribution in [-0.2, 0) is 0 Å². The molecule has 1 heterocycles. The highest BCUT2D eigenvalue weighted by molar-refractivity contribution is 4.96. The zero-order chi connectivity index (χ0) is 15.3. The summed E-state index contributed by atoms with van der Waals surface area (Å²) in [5, 5.41) is 0. The molecule has 0 bridgehead atoms. The second-order valence-corrected chi connectivity index (χ2v) is 7.41. The predicted molar refractivity (Wildman–Crippen MR) is 91.6 cm³/mol. The van der Waals surface area contributed by atoms with Crippen molar-refractivity contribution in [3.8, 4) is 0 Å². The highest BCUT2D eigenvalue weighted by Crippen LogP contribution is 2.35. The molecule has 0 aromatic rings. The third-order valence-electron chi connectivity index (χ3n) is 6.53. The van der Waals surface area contributed by atoms with Crippen LogP contribution in [-0.4, -0.2) is 54.6 Å². The molecule has 1 unspecified atom stereocenters. The Kier molecular flexibility index (Phi) is 6.51. The van der Waals surface area contributed by atoms with Gasteiger partial charge in [0.05, 0.1) is 0 Å². The zero-order valence-corrected chi connectivity index (χ0v) is 14.6. The summed E-state index contributed by atoms with van der Waals surface area (Å²) in [4.78, 5) is 5.30. The van der Waals surface area contributed by atoms with E-state index in [0.717, 1.165) is 18.5 Å². The van der Waals surface area contributed by atoms with Gasteiger partial charge in [-0.15, -0.1) is 0 Å². The molecule has 0 aromatic heterocycles. The zero-order valence-electron chi connectivity index (χ0n) is 14.6. The van der Waals surface area contributed by atoms with Gasteiger partial charge in [0.25, 0.3) is 0 Å². The fourth-order valence-corrected chi connectivity index (χ4v) is 4.58. The Balaban J connectivity index is 1.98. The van der Waals surface area contributed by atoms with Crippen LogP contribution in [0.3, 0.4) is 0 Å². The van der Waals surface area contributed by atoms with Crippen molar-refractivity contribution in [2.75, 3.05) is 33.2 Å². The topological polar surface area (TPSA) is 32.5 Å². The van der Waals surface area contributed by atoms with Crippen LogP contribution < -0.4 is 5.73 Å². The monoisotopic (exact) mass is 295 g/mol. The van der Waals surface area contributed by atoms with Crippen LogP contribution in [0.15, 0.2) is 0 Å². The van der Waals surface area contributed by atoms with Gasteiger partial charge in [0.1, 0.15) is 0 Å². The highest BCUT2D eigenvalue weighted by atomic mass is 15.2. The molecule has 21 heavy (non-hydrogen) atoms. The maximum absolute atomic E-state index is 6.30. The Morgan fingerprint density at radius 2 is 1.81 bits per heavy atom. The van der Waals surface area contributed by atoms with Crippen molar-refractivity contribution in [3.05, 3.63) is 0 Å². The fourth-order valence-electron chi connectivity index (χ4n) is 4.58. The standard InChI is InChI=1S/C18H37N3/c1-4-16-7-9-17(10-8-16)20(3)18(15-19)11-6-13-21(5-2)14-12-18/h16-17H,4-15,19H2,1-3H3. The summed E-state index contributed by atoms with van der Waals surface area (Å²) in [6.07, 6.45) is 10.8. The largest absolute Gasteiger partial charge is 0.329 e. The first-order valence-corrected chi connectivity index (χ1v) is 9.30. The SMILES string of the molecule is CCC1CCC(N(C)C2(CN)CCCN(CC)CC2)CC1. The Hall–Kier alpha value is -0.120. The lowest BCUT2D eigenvalue weighted by Gasteiger charge is -2.47. The molecule has 2 N–H and O–H groups in total. The third kappa shape index (κ3) is 4.00. The van der Waals surface area contributed by atoms with Gasteiger partial charge >= 0.3 is 0 Å². The first-order valence-electron chi connectivity index (χ1n) is 9.30. The molecule has 0 amide bonds. The molecule has 1 atom stereocenters. The minimum atomic E-state index is 0.258. The summed E-state index contributed by atoms with van der Waals surface area (Å²) in [7, 11) is 2.37. The lowest BCUT2D eigenvalue weighted by Crippen LogP contribution is -2.57. The summed E-state index contributed by atoms with van der Waals surface area (Å²) >= 11 is 0. The normalized spacial score (nSPS) is 35.9. The van der Waals surface area contributed by atoms with Crippen molar-refractivity contribution in [2.24, 2.45) is 11.7 Å². The van der Waals surface area contributed by atoms with Gasteiger partial charge < -0.3 is 10.6 Å². The highest BCUT2D eigenvalue weighted by Gasteiger charge is 2.39. The number of hydrogen-bond acceptors (Lipinski definition) is 3. The molecule has 1 aliphatic heterocycles. The number of nitrogens with zero attached hydrogens (tertiary/aromatic N) is 2. The molecule has 3 heteroatoms. The number of nitrogens with two attached hydrogens (primary N) is 1. The van der Waals surface area contributed by atoms with E-state index in [-0.39, 0.29) is 5.54 Å². The first kappa shape index (κ1) is 17.2. The number of hydrogen-bond donors (Lipinski definition) is 1. The van der Waals surface area contributed by atoms with Crippen molar-refractivity contribution in [2.45, 2.75) is 76.8 Å². The van der Waals surface area contributed by atoms with Crippen molar-refractivity contribution in [3.63, 3.8) is 0 Å². The van der Waals surface area contributed by atoms with Crippen LogP contribution >= 0.6 is 0 Å². The Labute approximate surface area is 132 Å². The lowest BCUT2D eigenvalue weighted by atomic mass is 9.80. The first-order chi connectivity index (χ1) is 10.1. The average Bonchev–Trinajstić information content (AvgIpc) is 2.77. The molecule has 1 aliphatic carbocycles. The van der Waals surface area contributed by atoms with Crippen LogP contribution in [0.2, 0.25) is 0 Å². The molecule has 2 fully saturated rings. The maximum atomic E-state index is 6.30. The summed E-state index contributed by atoms with van der Waals surface area (Å²) in [5.41, 5.74) is 6.55. The van der Waals surface area contributed by atoms with Crippen molar-refractivity contribution in [1.82, 2.24) is 9.80 Å². The summed E-state index contributed by atoms with van der Waals surface area (Å²) in [6, 6.07) is 0.768. The molecule has 0 aromatic carbocycles. The van der Waals surface area contributed by atoms with Crippen LogP contribution in [0.1, 0.15) is 65.2 Å². The van der Waals surface area contributed by atoms with Gasteiger partial charge in [-0.25, -0.2) is 0 Å². The lowest BCUT2D eigenvalue weighted by molar-refractivity contribution is 0.0375. The van der Waals surface area contributed by atoms with E-state index in [0.29, 0.717) is 0 Å². The molecule has 1 saturated heterocycles.